The normalized spacial score (nSPS) is 13.4. The topological polar surface area (TPSA) is 29.3 Å². The van der Waals surface area contributed by atoms with E-state index in [4.69, 9.17) is 5.73 Å². The summed E-state index contributed by atoms with van der Waals surface area (Å²) >= 11 is 1.81. The maximum atomic E-state index is 5.98. The minimum absolute atomic E-state index is 0.324. The lowest BCUT2D eigenvalue weighted by molar-refractivity contribution is 0.299. The molecule has 1 aromatic heterocycles. The average Bonchev–Trinajstić information content (AvgIpc) is 2.56. The first-order valence-corrected chi connectivity index (χ1v) is 6.06. The van der Waals surface area contributed by atoms with E-state index in [2.05, 4.69) is 36.4 Å². The summed E-state index contributed by atoms with van der Waals surface area (Å²) in [5, 5.41) is 2.12. The van der Waals surface area contributed by atoms with Gasteiger partial charge in [-0.1, -0.05) is 19.4 Å². The van der Waals surface area contributed by atoms with Crippen LogP contribution in [0.4, 0.5) is 0 Å². The standard InChI is InChI=1S/C11H20N2S/c1-3-5-10(12)8-13(2)9-11-6-4-7-14-11/h4,6-7,10H,3,5,8-9,12H2,1-2H3. The van der Waals surface area contributed by atoms with E-state index in [-0.39, 0.29) is 0 Å². The Morgan fingerprint density at radius 3 is 2.93 bits per heavy atom. The molecule has 0 fully saturated rings. The molecular weight excluding hydrogens is 192 g/mol. The SMILES string of the molecule is CCCC(N)CN(C)Cc1cccs1. The fraction of sp³-hybridized carbons (Fsp3) is 0.636. The van der Waals surface area contributed by atoms with Crippen LogP contribution in [-0.2, 0) is 6.54 Å². The Morgan fingerprint density at radius 1 is 1.57 bits per heavy atom. The fourth-order valence-electron chi connectivity index (χ4n) is 1.60. The predicted octanol–water partition coefficient (Wildman–Crippen LogP) is 2.31. The first-order chi connectivity index (χ1) is 6.72. The van der Waals surface area contributed by atoms with Crippen molar-refractivity contribution in [1.29, 1.82) is 0 Å². The summed E-state index contributed by atoms with van der Waals surface area (Å²) in [6.45, 7) is 4.19. The third-order valence-corrected chi connectivity index (χ3v) is 3.07. The van der Waals surface area contributed by atoms with Crippen LogP contribution in [0, 0.1) is 0 Å². The quantitative estimate of drug-likeness (QED) is 0.784. The molecule has 0 saturated heterocycles. The second-order valence-corrected chi connectivity index (χ2v) is 4.86. The molecule has 0 radical (unpaired) electrons. The van der Waals surface area contributed by atoms with Crippen LogP contribution in [0.2, 0.25) is 0 Å². The maximum absolute atomic E-state index is 5.98. The molecule has 0 spiro atoms. The van der Waals surface area contributed by atoms with E-state index in [0.717, 1.165) is 19.5 Å². The van der Waals surface area contributed by atoms with E-state index in [9.17, 15) is 0 Å². The molecule has 1 aromatic rings. The zero-order chi connectivity index (χ0) is 10.4. The Bertz CT molecular complexity index is 233. The zero-order valence-electron chi connectivity index (χ0n) is 9.07. The van der Waals surface area contributed by atoms with E-state index < -0.39 is 0 Å². The molecule has 0 aromatic carbocycles. The average molecular weight is 212 g/mol. The van der Waals surface area contributed by atoms with Crippen molar-refractivity contribution in [1.82, 2.24) is 4.90 Å². The molecule has 0 amide bonds. The van der Waals surface area contributed by atoms with Crippen LogP contribution < -0.4 is 5.73 Å². The number of thiophene rings is 1. The van der Waals surface area contributed by atoms with E-state index in [0.29, 0.717) is 6.04 Å². The van der Waals surface area contributed by atoms with Gasteiger partial charge in [-0.2, -0.15) is 0 Å². The van der Waals surface area contributed by atoms with Gasteiger partial charge in [0.1, 0.15) is 0 Å². The number of rotatable bonds is 6. The predicted molar refractivity (Wildman–Crippen MR) is 63.5 cm³/mol. The van der Waals surface area contributed by atoms with Crippen molar-refractivity contribution in [2.45, 2.75) is 32.4 Å². The van der Waals surface area contributed by atoms with Crippen molar-refractivity contribution < 1.29 is 0 Å². The number of likely N-dealkylation sites (N-methyl/N-ethyl adjacent to an activating group) is 1. The third-order valence-electron chi connectivity index (χ3n) is 2.21. The summed E-state index contributed by atoms with van der Waals surface area (Å²) in [6.07, 6.45) is 2.29. The van der Waals surface area contributed by atoms with Crippen LogP contribution in [0.1, 0.15) is 24.6 Å². The van der Waals surface area contributed by atoms with Gasteiger partial charge in [-0.3, -0.25) is 4.90 Å². The van der Waals surface area contributed by atoms with Gasteiger partial charge in [0.15, 0.2) is 0 Å². The summed E-state index contributed by atoms with van der Waals surface area (Å²) < 4.78 is 0. The van der Waals surface area contributed by atoms with Crippen LogP contribution >= 0.6 is 11.3 Å². The highest BCUT2D eigenvalue weighted by Crippen LogP contribution is 2.11. The first-order valence-electron chi connectivity index (χ1n) is 5.19. The van der Waals surface area contributed by atoms with Gasteiger partial charge in [0.05, 0.1) is 0 Å². The molecule has 0 bridgehead atoms. The summed E-state index contributed by atoms with van der Waals surface area (Å²) in [7, 11) is 2.13. The minimum atomic E-state index is 0.324. The van der Waals surface area contributed by atoms with E-state index >= 15 is 0 Å². The smallest absolute Gasteiger partial charge is 0.0325 e. The molecule has 1 atom stereocenters. The molecule has 2 nitrogen and oxygen atoms in total. The van der Waals surface area contributed by atoms with E-state index in [1.54, 1.807) is 0 Å². The molecule has 3 heteroatoms. The third kappa shape index (κ3) is 4.22. The van der Waals surface area contributed by atoms with Crippen LogP contribution in [0.25, 0.3) is 0 Å². The largest absolute Gasteiger partial charge is 0.327 e. The Hall–Kier alpha value is -0.380. The van der Waals surface area contributed by atoms with E-state index in [1.165, 1.54) is 11.3 Å². The molecule has 0 saturated carbocycles. The first kappa shape index (κ1) is 11.7. The van der Waals surface area contributed by atoms with Gasteiger partial charge in [-0.15, -0.1) is 11.3 Å². The van der Waals surface area contributed by atoms with Crippen LogP contribution in [0.3, 0.4) is 0 Å². The van der Waals surface area contributed by atoms with Crippen molar-refractivity contribution in [2.75, 3.05) is 13.6 Å². The monoisotopic (exact) mass is 212 g/mol. The zero-order valence-corrected chi connectivity index (χ0v) is 9.89. The van der Waals surface area contributed by atoms with Crippen LogP contribution in [-0.4, -0.2) is 24.5 Å². The fourth-order valence-corrected chi connectivity index (χ4v) is 2.38. The maximum Gasteiger partial charge on any atom is 0.0325 e. The van der Waals surface area contributed by atoms with Gasteiger partial charge in [-0.25, -0.2) is 0 Å². The number of hydrogen-bond acceptors (Lipinski definition) is 3. The van der Waals surface area contributed by atoms with Gasteiger partial charge in [0.25, 0.3) is 0 Å². The second-order valence-electron chi connectivity index (χ2n) is 3.82. The lowest BCUT2D eigenvalue weighted by Crippen LogP contribution is -2.34. The molecule has 0 aliphatic heterocycles. The molecule has 0 aliphatic rings. The van der Waals surface area contributed by atoms with E-state index in [1.807, 2.05) is 11.3 Å². The highest BCUT2D eigenvalue weighted by Gasteiger charge is 2.06. The van der Waals surface area contributed by atoms with Gasteiger partial charge < -0.3 is 5.73 Å². The highest BCUT2D eigenvalue weighted by molar-refractivity contribution is 7.09. The van der Waals surface area contributed by atoms with Gasteiger partial charge in [0, 0.05) is 24.0 Å². The Balaban J connectivity index is 2.25. The molecule has 1 rings (SSSR count). The Kier molecular flexibility index (Phi) is 5.15. The number of nitrogens with zero attached hydrogens (tertiary/aromatic N) is 1. The van der Waals surface area contributed by atoms with Gasteiger partial charge in [0.2, 0.25) is 0 Å². The molecule has 1 unspecified atom stereocenters. The summed E-state index contributed by atoms with van der Waals surface area (Å²) in [6, 6.07) is 4.59. The van der Waals surface area contributed by atoms with Crippen molar-refractivity contribution in [3.63, 3.8) is 0 Å². The van der Waals surface area contributed by atoms with Crippen molar-refractivity contribution >= 4 is 11.3 Å². The molecule has 2 N–H and O–H groups in total. The van der Waals surface area contributed by atoms with Crippen LogP contribution in [0.5, 0.6) is 0 Å². The Morgan fingerprint density at radius 2 is 2.36 bits per heavy atom. The van der Waals surface area contributed by atoms with Gasteiger partial charge >= 0.3 is 0 Å². The molecular formula is C11H20N2S. The lowest BCUT2D eigenvalue weighted by Gasteiger charge is -2.20. The Labute approximate surface area is 90.7 Å². The summed E-state index contributed by atoms with van der Waals surface area (Å²) in [5.74, 6) is 0. The highest BCUT2D eigenvalue weighted by atomic mass is 32.1. The molecule has 0 aliphatic carbocycles. The van der Waals surface area contributed by atoms with Crippen molar-refractivity contribution in [2.24, 2.45) is 5.73 Å². The molecule has 14 heavy (non-hydrogen) atoms. The minimum Gasteiger partial charge on any atom is -0.327 e. The van der Waals surface area contributed by atoms with Crippen molar-refractivity contribution in [3.05, 3.63) is 22.4 Å². The second kappa shape index (κ2) is 6.17. The summed E-state index contributed by atoms with van der Waals surface area (Å²) in [4.78, 5) is 3.71. The number of nitrogens with two attached hydrogens (primary N) is 1. The van der Waals surface area contributed by atoms with Gasteiger partial charge in [-0.05, 0) is 24.9 Å². The van der Waals surface area contributed by atoms with Crippen LogP contribution in [0.15, 0.2) is 17.5 Å². The van der Waals surface area contributed by atoms with Crippen molar-refractivity contribution in [3.8, 4) is 0 Å². The molecule has 80 valence electrons. The molecule has 1 heterocycles. The summed E-state index contributed by atoms with van der Waals surface area (Å²) in [5.41, 5.74) is 5.98. The number of hydrogen-bond donors (Lipinski definition) is 1. The lowest BCUT2D eigenvalue weighted by atomic mass is 10.2.